The fourth-order valence-electron chi connectivity index (χ4n) is 2.45. The van der Waals surface area contributed by atoms with Crippen molar-refractivity contribution in [1.82, 2.24) is 9.55 Å². The molecule has 1 amide bonds. The number of halogens is 2. The maximum atomic E-state index is 13.9. The monoisotopic (exact) mass is 361 g/mol. The molecule has 0 N–H and O–H groups in total. The van der Waals surface area contributed by atoms with Gasteiger partial charge < -0.3 is 4.57 Å². The lowest BCUT2D eigenvalue weighted by Crippen LogP contribution is -2.13. The number of carbonyl (C=O) groups excluding carboxylic acids is 1. The molecule has 0 saturated carbocycles. The number of fused-ring (bicyclic) bond motifs is 2. The molecule has 0 bridgehead atoms. The van der Waals surface area contributed by atoms with Crippen LogP contribution in [0.25, 0.3) is 20.4 Å². The van der Waals surface area contributed by atoms with Gasteiger partial charge in [-0.05, 0) is 24.3 Å². The Kier molecular flexibility index (Phi) is 3.50. The van der Waals surface area contributed by atoms with Crippen LogP contribution in [0.2, 0.25) is 0 Å². The third kappa shape index (κ3) is 2.44. The number of rotatable bonds is 1. The highest BCUT2D eigenvalue weighted by Crippen LogP contribution is 2.22. The lowest BCUT2D eigenvalue weighted by Gasteiger charge is -1.98. The first-order valence-corrected chi connectivity index (χ1v) is 8.59. The van der Waals surface area contributed by atoms with E-state index in [0.717, 1.165) is 27.6 Å². The van der Waals surface area contributed by atoms with Crippen LogP contribution in [0.5, 0.6) is 0 Å². The van der Waals surface area contributed by atoms with Gasteiger partial charge in [0.2, 0.25) is 0 Å². The standard InChI is InChI=1S/C16H9F2N3OS2/c1-21-14-10(18)5-9(17)6-13(14)24-16(21)20-15(22)8-2-3-11-12(4-8)23-7-19-11/h2-7H,1H3. The number of nitrogens with zero attached hydrogens (tertiary/aromatic N) is 3. The summed E-state index contributed by atoms with van der Waals surface area (Å²) in [7, 11) is 1.60. The Hall–Kier alpha value is -2.45. The second kappa shape index (κ2) is 5.57. The molecule has 0 unspecified atom stereocenters. The molecule has 0 radical (unpaired) electrons. The second-order valence-corrected chi connectivity index (χ2v) is 7.03. The summed E-state index contributed by atoms with van der Waals surface area (Å²) in [6.45, 7) is 0. The van der Waals surface area contributed by atoms with Gasteiger partial charge in [-0.1, -0.05) is 11.3 Å². The molecule has 8 heteroatoms. The van der Waals surface area contributed by atoms with E-state index in [1.807, 2.05) is 0 Å². The molecule has 0 atom stereocenters. The minimum absolute atomic E-state index is 0.228. The largest absolute Gasteiger partial charge is 0.317 e. The van der Waals surface area contributed by atoms with Crippen molar-refractivity contribution in [2.75, 3.05) is 0 Å². The predicted octanol–water partition coefficient (Wildman–Crippen LogP) is 3.87. The first-order chi connectivity index (χ1) is 11.5. The summed E-state index contributed by atoms with van der Waals surface area (Å²) in [6, 6.07) is 7.19. The number of carbonyl (C=O) groups is 1. The van der Waals surface area contributed by atoms with Crippen LogP contribution < -0.4 is 4.80 Å². The molecule has 0 aliphatic rings. The second-order valence-electron chi connectivity index (χ2n) is 5.13. The fraction of sp³-hybridized carbons (Fsp3) is 0.0625. The Labute approximate surface area is 142 Å². The van der Waals surface area contributed by atoms with Crippen molar-refractivity contribution in [2.24, 2.45) is 12.0 Å². The van der Waals surface area contributed by atoms with Crippen LogP contribution >= 0.6 is 22.7 Å². The minimum atomic E-state index is -0.677. The van der Waals surface area contributed by atoms with E-state index in [-0.39, 0.29) is 5.52 Å². The molecular weight excluding hydrogens is 352 g/mol. The van der Waals surface area contributed by atoms with Crippen LogP contribution in [0, 0.1) is 11.6 Å². The highest BCUT2D eigenvalue weighted by molar-refractivity contribution is 7.17. The number of aromatic nitrogens is 2. The van der Waals surface area contributed by atoms with Gasteiger partial charge in [0.1, 0.15) is 5.82 Å². The maximum absolute atomic E-state index is 13.9. The van der Waals surface area contributed by atoms with Crippen molar-refractivity contribution < 1.29 is 13.6 Å². The summed E-state index contributed by atoms with van der Waals surface area (Å²) >= 11 is 2.50. The van der Waals surface area contributed by atoms with Gasteiger partial charge in [-0.25, -0.2) is 13.8 Å². The molecule has 0 fully saturated rings. The molecule has 2 aromatic carbocycles. The average Bonchev–Trinajstić information content (AvgIpc) is 3.11. The SMILES string of the molecule is Cn1c(=NC(=O)c2ccc3ncsc3c2)sc2cc(F)cc(F)c21. The van der Waals surface area contributed by atoms with Crippen LogP contribution in [-0.2, 0) is 7.05 Å². The molecule has 0 aliphatic carbocycles. The zero-order chi connectivity index (χ0) is 16.8. The minimum Gasteiger partial charge on any atom is -0.317 e. The van der Waals surface area contributed by atoms with Crippen molar-refractivity contribution in [3.05, 3.63) is 57.8 Å². The van der Waals surface area contributed by atoms with Gasteiger partial charge in [-0.2, -0.15) is 4.99 Å². The number of aryl methyl sites for hydroxylation is 1. The number of benzene rings is 2. The summed E-state index contributed by atoms with van der Waals surface area (Å²) in [4.78, 5) is 20.9. The van der Waals surface area contributed by atoms with Gasteiger partial charge in [0, 0.05) is 18.7 Å². The Morgan fingerprint density at radius 1 is 1.21 bits per heavy atom. The normalized spacial score (nSPS) is 12.4. The van der Waals surface area contributed by atoms with Gasteiger partial charge in [-0.15, -0.1) is 11.3 Å². The van der Waals surface area contributed by atoms with Gasteiger partial charge in [-0.3, -0.25) is 4.79 Å². The molecule has 4 rings (SSSR count). The third-order valence-corrected chi connectivity index (χ3v) is 5.46. The van der Waals surface area contributed by atoms with E-state index in [4.69, 9.17) is 0 Å². The van der Waals surface area contributed by atoms with Gasteiger partial charge in [0.25, 0.3) is 5.91 Å². The van der Waals surface area contributed by atoms with Crippen LogP contribution in [0.3, 0.4) is 0 Å². The molecule has 24 heavy (non-hydrogen) atoms. The van der Waals surface area contributed by atoms with Crippen LogP contribution in [0.15, 0.2) is 40.8 Å². The number of hydrogen-bond acceptors (Lipinski definition) is 4. The Balaban J connectivity index is 1.85. The first kappa shape index (κ1) is 15.1. The van der Waals surface area contributed by atoms with Gasteiger partial charge in [0.15, 0.2) is 10.6 Å². The lowest BCUT2D eigenvalue weighted by molar-refractivity contribution is 0.0998. The van der Waals surface area contributed by atoms with E-state index >= 15 is 0 Å². The van der Waals surface area contributed by atoms with Crippen molar-refractivity contribution in [3.63, 3.8) is 0 Å². The van der Waals surface area contributed by atoms with Crippen molar-refractivity contribution in [2.45, 2.75) is 0 Å². The Bertz CT molecular complexity index is 1170. The summed E-state index contributed by atoms with van der Waals surface area (Å²) < 4.78 is 30.0. The maximum Gasteiger partial charge on any atom is 0.279 e. The molecule has 120 valence electrons. The summed E-state index contributed by atoms with van der Waals surface area (Å²) in [5, 5.41) is 0. The molecule has 0 aliphatic heterocycles. The molecule has 4 aromatic rings. The topological polar surface area (TPSA) is 47.2 Å². The summed E-state index contributed by atoms with van der Waals surface area (Å²) in [6.07, 6.45) is 0. The van der Waals surface area contributed by atoms with E-state index in [1.165, 1.54) is 22.0 Å². The van der Waals surface area contributed by atoms with E-state index < -0.39 is 17.5 Å². The van der Waals surface area contributed by atoms with Crippen LogP contribution in [-0.4, -0.2) is 15.5 Å². The van der Waals surface area contributed by atoms with E-state index in [0.29, 0.717) is 15.1 Å². The zero-order valence-corrected chi connectivity index (χ0v) is 13.9. The quantitative estimate of drug-likeness (QED) is 0.517. The third-order valence-electron chi connectivity index (χ3n) is 3.59. The van der Waals surface area contributed by atoms with Crippen LogP contribution in [0.1, 0.15) is 10.4 Å². The number of thiazole rings is 2. The summed E-state index contributed by atoms with van der Waals surface area (Å²) in [5.74, 6) is -1.77. The van der Waals surface area contributed by atoms with E-state index in [9.17, 15) is 13.6 Å². The van der Waals surface area contributed by atoms with Gasteiger partial charge in [0.05, 0.1) is 25.9 Å². The average molecular weight is 361 g/mol. The Morgan fingerprint density at radius 2 is 2.04 bits per heavy atom. The van der Waals surface area contributed by atoms with Gasteiger partial charge >= 0.3 is 0 Å². The number of amides is 1. The highest BCUT2D eigenvalue weighted by Gasteiger charge is 2.12. The molecule has 2 aromatic heterocycles. The van der Waals surface area contributed by atoms with Crippen molar-refractivity contribution >= 4 is 49.0 Å². The molecule has 4 nitrogen and oxygen atoms in total. The molecule has 0 spiro atoms. The molecule has 0 saturated heterocycles. The lowest BCUT2D eigenvalue weighted by atomic mass is 10.2. The van der Waals surface area contributed by atoms with E-state index in [2.05, 4.69) is 9.98 Å². The smallest absolute Gasteiger partial charge is 0.279 e. The van der Waals surface area contributed by atoms with Crippen LogP contribution in [0.4, 0.5) is 8.78 Å². The molecule has 2 heterocycles. The fourth-order valence-corrected chi connectivity index (χ4v) is 4.22. The summed E-state index contributed by atoms with van der Waals surface area (Å²) in [5.41, 5.74) is 3.18. The highest BCUT2D eigenvalue weighted by atomic mass is 32.1. The first-order valence-electron chi connectivity index (χ1n) is 6.90. The van der Waals surface area contributed by atoms with E-state index in [1.54, 1.807) is 30.8 Å². The zero-order valence-electron chi connectivity index (χ0n) is 12.3. The predicted molar refractivity (Wildman–Crippen MR) is 90.2 cm³/mol. The Morgan fingerprint density at radius 3 is 2.88 bits per heavy atom. The van der Waals surface area contributed by atoms with Crippen molar-refractivity contribution in [3.8, 4) is 0 Å². The number of hydrogen-bond donors (Lipinski definition) is 0. The van der Waals surface area contributed by atoms with Crippen molar-refractivity contribution in [1.29, 1.82) is 0 Å². The molecular formula is C16H9F2N3OS2.